The Bertz CT molecular complexity index is 876. The summed E-state index contributed by atoms with van der Waals surface area (Å²) >= 11 is 0. The van der Waals surface area contributed by atoms with Crippen LogP contribution < -0.4 is 15.6 Å². The fraction of sp³-hybridized carbons (Fsp3) is 0.222. The zero-order valence-electron chi connectivity index (χ0n) is 14.6. The molecule has 0 aliphatic heterocycles. The number of benzene rings is 2. The molecule has 0 radical (unpaired) electrons. The van der Waals surface area contributed by atoms with Crippen molar-refractivity contribution in [1.29, 1.82) is 0 Å². The SMILES string of the molecule is CCCC(=O)Nc1ccc(C(=O)NNS(=O)(=O)c2ccc(C)cc2)cc1. The highest BCUT2D eigenvalue weighted by Gasteiger charge is 2.15. The molecule has 0 atom stereocenters. The smallest absolute Gasteiger partial charge is 0.266 e. The number of amides is 2. The molecule has 8 heteroatoms. The summed E-state index contributed by atoms with van der Waals surface area (Å²) in [5.74, 6) is -0.706. The molecule has 0 heterocycles. The molecule has 0 saturated heterocycles. The molecule has 138 valence electrons. The van der Waals surface area contributed by atoms with Crippen LogP contribution in [0.2, 0.25) is 0 Å². The summed E-state index contributed by atoms with van der Waals surface area (Å²) in [5.41, 5.74) is 3.92. The molecule has 0 fully saturated rings. The Kier molecular flexibility index (Phi) is 6.48. The number of carbonyl (C=O) groups is 2. The lowest BCUT2D eigenvalue weighted by molar-refractivity contribution is -0.116. The van der Waals surface area contributed by atoms with Gasteiger partial charge in [0.25, 0.3) is 15.9 Å². The second kappa shape index (κ2) is 8.59. The topological polar surface area (TPSA) is 104 Å². The van der Waals surface area contributed by atoms with Gasteiger partial charge in [-0.05, 0) is 49.7 Å². The molecule has 0 spiro atoms. The molecule has 3 N–H and O–H groups in total. The van der Waals surface area contributed by atoms with E-state index < -0.39 is 15.9 Å². The fourth-order valence-corrected chi connectivity index (χ4v) is 2.96. The number of aryl methyl sites for hydroxylation is 1. The largest absolute Gasteiger partial charge is 0.326 e. The quantitative estimate of drug-likeness (QED) is 0.646. The molecular weight excluding hydrogens is 354 g/mol. The van der Waals surface area contributed by atoms with Gasteiger partial charge in [-0.1, -0.05) is 24.6 Å². The van der Waals surface area contributed by atoms with E-state index in [0.717, 1.165) is 12.0 Å². The van der Waals surface area contributed by atoms with Gasteiger partial charge in [0.05, 0.1) is 4.90 Å². The monoisotopic (exact) mass is 375 g/mol. The highest BCUT2D eigenvalue weighted by molar-refractivity contribution is 7.89. The Morgan fingerprint density at radius 2 is 1.58 bits per heavy atom. The summed E-state index contributed by atoms with van der Waals surface area (Å²) in [7, 11) is -3.85. The number of carbonyl (C=O) groups excluding carboxylic acids is 2. The lowest BCUT2D eigenvalue weighted by Crippen LogP contribution is -2.41. The van der Waals surface area contributed by atoms with Gasteiger partial charge in [-0.3, -0.25) is 15.0 Å². The minimum absolute atomic E-state index is 0.0531. The molecule has 2 aromatic rings. The highest BCUT2D eigenvalue weighted by atomic mass is 32.2. The van der Waals surface area contributed by atoms with Crippen LogP contribution in [0.1, 0.15) is 35.7 Å². The lowest BCUT2D eigenvalue weighted by atomic mass is 10.2. The predicted octanol–water partition coefficient (Wildman–Crippen LogP) is 2.36. The zero-order chi connectivity index (χ0) is 19.2. The van der Waals surface area contributed by atoms with E-state index in [1.165, 1.54) is 24.3 Å². The van der Waals surface area contributed by atoms with Crippen LogP contribution in [0.5, 0.6) is 0 Å². The van der Waals surface area contributed by atoms with Gasteiger partial charge < -0.3 is 5.32 Å². The van der Waals surface area contributed by atoms with Gasteiger partial charge in [-0.15, -0.1) is 4.83 Å². The van der Waals surface area contributed by atoms with E-state index in [1.807, 2.05) is 13.8 Å². The van der Waals surface area contributed by atoms with Crippen LogP contribution in [-0.2, 0) is 14.8 Å². The van der Waals surface area contributed by atoms with Crippen LogP contribution in [0.15, 0.2) is 53.4 Å². The Hall–Kier alpha value is -2.71. The molecule has 2 aromatic carbocycles. The van der Waals surface area contributed by atoms with Crippen LogP contribution in [0.4, 0.5) is 5.69 Å². The zero-order valence-corrected chi connectivity index (χ0v) is 15.4. The molecule has 2 amide bonds. The van der Waals surface area contributed by atoms with E-state index in [0.29, 0.717) is 12.1 Å². The van der Waals surface area contributed by atoms with Crippen molar-refractivity contribution in [2.45, 2.75) is 31.6 Å². The van der Waals surface area contributed by atoms with Crippen molar-refractivity contribution in [3.63, 3.8) is 0 Å². The number of rotatable bonds is 7. The second-order valence-corrected chi connectivity index (χ2v) is 7.43. The van der Waals surface area contributed by atoms with Crippen LogP contribution in [0.25, 0.3) is 0 Å². The summed E-state index contributed by atoms with van der Waals surface area (Å²) in [6, 6.07) is 12.4. The van der Waals surface area contributed by atoms with Crippen LogP contribution in [-0.4, -0.2) is 20.2 Å². The third-order valence-corrected chi connectivity index (χ3v) is 4.80. The fourth-order valence-electron chi connectivity index (χ4n) is 2.12. The van der Waals surface area contributed by atoms with E-state index in [4.69, 9.17) is 0 Å². The number of sulfonamides is 1. The molecule has 0 unspecified atom stereocenters. The molecule has 26 heavy (non-hydrogen) atoms. The summed E-state index contributed by atoms with van der Waals surface area (Å²) < 4.78 is 24.3. The third kappa shape index (κ3) is 5.40. The van der Waals surface area contributed by atoms with E-state index in [1.54, 1.807) is 24.3 Å². The van der Waals surface area contributed by atoms with Crippen LogP contribution in [0.3, 0.4) is 0 Å². The molecule has 0 bridgehead atoms. The predicted molar refractivity (Wildman–Crippen MR) is 98.9 cm³/mol. The van der Waals surface area contributed by atoms with Gasteiger partial charge in [-0.25, -0.2) is 8.42 Å². The number of hydrogen-bond donors (Lipinski definition) is 3. The lowest BCUT2D eigenvalue weighted by Gasteiger charge is -2.09. The van der Waals surface area contributed by atoms with Crippen molar-refractivity contribution < 1.29 is 18.0 Å². The van der Waals surface area contributed by atoms with Gasteiger partial charge in [0.1, 0.15) is 0 Å². The summed E-state index contributed by atoms with van der Waals surface area (Å²) in [6.07, 6.45) is 1.16. The van der Waals surface area contributed by atoms with Gasteiger partial charge in [0, 0.05) is 17.7 Å². The number of hydrogen-bond acceptors (Lipinski definition) is 4. The van der Waals surface area contributed by atoms with Gasteiger partial charge in [0.15, 0.2) is 0 Å². The van der Waals surface area contributed by atoms with Crippen molar-refractivity contribution in [2.24, 2.45) is 0 Å². The molecule has 0 aliphatic carbocycles. The van der Waals surface area contributed by atoms with Gasteiger partial charge in [0.2, 0.25) is 5.91 Å². The van der Waals surface area contributed by atoms with Crippen LogP contribution >= 0.6 is 0 Å². The average molecular weight is 375 g/mol. The first kappa shape index (κ1) is 19.6. The molecular formula is C18H21N3O4S. The molecule has 2 rings (SSSR count). The molecule has 7 nitrogen and oxygen atoms in total. The summed E-state index contributed by atoms with van der Waals surface area (Å²) in [4.78, 5) is 25.7. The van der Waals surface area contributed by atoms with Crippen molar-refractivity contribution in [3.05, 3.63) is 59.7 Å². The van der Waals surface area contributed by atoms with E-state index in [2.05, 4.69) is 15.6 Å². The molecule has 0 aromatic heterocycles. The third-order valence-electron chi connectivity index (χ3n) is 3.54. The summed E-state index contributed by atoms with van der Waals surface area (Å²) in [6.45, 7) is 3.75. The molecule has 0 aliphatic rings. The van der Waals surface area contributed by atoms with Crippen molar-refractivity contribution >= 4 is 27.5 Å². The van der Waals surface area contributed by atoms with E-state index in [-0.39, 0.29) is 16.4 Å². The average Bonchev–Trinajstić information content (AvgIpc) is 2.61. The maximum Gasteiger partial charge on any atom is 0.266 e. The summed E-state index contributed by atoms with van der Waals surface area (Å²) in [5, 5.41) is 2.71. The maximum absolute atomic E-state index is 12.1. The Labute approximate surface area is 152 Å². The normalized spacial score (nSPS) is 11.0. The van der Waals surface area contributed by atoms with E-state index >= 15 is 0 Å². The maximum atomic E-state index is 12.1. The van der Waals surface area contributed by atoms with Crippen LogP contribution in [0, 0.1) is 6.92 Å². The number of anilines is 1. The van der Waals surface area contributed by atoms with Crippen molar-refractivity contribution in [1.82, 2.24) is 10.3 Å². The van der Waals surface area contributed by atoms with Gasteiger partial charge >= 0.3 is 0 Å². The highest BCUT2D eigenvalue weighted by Crippen LogP contribution is 2.11. The van der Waals surface area contributed by atoms with E-state index in [9.17, 15) is 18.0 Å². The van der Waals surface area contributed by atoms with Crippen molar-refractivity contribution in [3.8, 4) is 0 Å². The minimum atomic E-state index is -3.85. The molecule has 0 saturated carbocycles. The number of hydrazine groups is 1. The van der Waals surface area contributed by atoms with Gasteiger partial charge in [-0.2, -0.15) is 0 Å². The van der Waals surface area contributed by atoms with Crippen molar-refractivity contribution in [2.75, 3.05) is 5.32 Å². The first-order valence-electron chi connectivity index (χ1n) is 8.10. The number of nitrogens with one attached hydrogen (secondary N) is 3. The first-order chi connectivity index (χ1) is 12.3. The Morgan fingerprint density at radius 1 is 0.962 bits per heavy atom. The Balaban J connectivity index is 1.97. The minimum Gasteiger partial charge on any atom is -0.326 e. The first-order valence-corrected chi connectivity index (χ1v) is 9.59. The standard InChI is InChI=1S/C18H21N3O4S/c1-3-4-17(22)19-15-9-7-14(8-10-15)18(23)20-21-26(24,25)16-11-5-13(2)6-12-16/h5-12,21H,3-4H2,1-2H3,(H,19,22)(H,20,23). The Morgan fingerprint density at radius 3 is 2.15 bits per heavy atom. The second-order valence-electron chi connectivity index (χ2n) is 5.75.